The van der Waals surface area contributed by atoms with Crippen molar-refractivity contribution in [2.24, 2.45) is 5.92 Å². The van der Waals surface area contributed by atoms with Gasteiger partial charge in [-0.05, 0) is 12.8 Å². The van der Waals surface area contributed by atoms with Crippen molar-refractivity contribution < 1.29 is 9.53 Å². The Balaban J connectivity index is 3.79. The second kappa shape index (κ2) is 5.03. The molecule has 0 aromatic rings. The van der Waals surface area contributed by atoms with Gasteiger partial charge in [-0.25, -0.2) is 0 Å². The van der Waals surface area contributed by atoms with Gasteiger partial charge in [0.05, 0.1) is 13.0 Å². The largest absolute Gasteiger partial charge is 0.469 e. The van der Waals surface area contributed by atoms with Crippen LogP contribution in [0.1, 0.15) is 19.8 Å². The molecule has 0 aromatic carbocycles. The number of carbonyl (C=O) groups excluding carboxylic acids is 1. The van der Waals surface area contributed by atoms with Crippen molar-refractivity contribution in [2.45, 2.75) is 19.8 Å². The summed E-state index contributed by atoms with van der Waals surface area (Å²) < 4.78 is 4.57. The molecule has 0 fully saturated rings. The Morgan fingerprint density at radius 1 is 1.80 bits per heavy atom. The molecule has 1 unspecified atom stereocenters. The first-order chi connectivity index (χ1) is 4.76. The van der Waals surface area contributed by atoms with Crippen LogP contribution in [0.25, 0.3) is 0 Å². The first kappa shape index (κ1) is 9.21. The topological polar surface area (TPSA) is 26.3 Å². The number of ether oxygens (including phenoxy) is 1. The maximum Gasteiger partial charge on any atom is 0.308 e. The molecule has 2 nitrogen and oxygen atoms in total. The van der Waals surface area contributed by atoms with Crippen molar-refractivity contribution >= 4 is 5.97 Å². The molecule has 1 atom stereocenters. The van der Waals surface area contributed by atoms with E-state index in [1.807, 2.05) is 6.92 Å². The van der Waals surface area contributed by atoms with E-state index in [0.29, 0.717) is 6.42 Å². The molecule has 0 aliphatic carbocycles. The molecule has 2 heteroatoms. The molecule has 0 saturated heterocycles. The number of carbonyl (C=O) groups is 1. The molecule has 0 saturated carbocycles. The zero-order chi connectivity index (χ0) is 7.98. The van der Waals surface area contributed by atoms with Gasteiger partial charge in [0.2, 0.25) is 0 Å². The summed E-state index contributed by atoms with van der Waals surface area (Å²) in [7, 11) is 1.41. The highest BCUT2D eigenvalue weighted by atomic mass is 16.5. The van der Waals surface area contributed by atoms with Crippen molar-refractivity contribution in [2.75, 3.05) is 7.11 Å². The van der Waals surface area contributed by atoms with Crippen LogP contribution in [-0.2, 0) is 9.53 Å². The zero-order valence-electron chi connectivity index (χ0n) is 6.59. The maximum atomic E-state index is 10.9. The third-order valence-electron chi connectivity index (χ3n) is 1.48. The summed E-state index contributed by atoms with van der Waals surface area (Å²) >= 11 is 0. The first-order valence-electron chi connectivity index (χ1n) is 3.45. The molecular weight excluding hydrogens is 128 g/mol. The fraction of sp³-hybridized carbons (Fsp3) is 0.625. The minimum atomic E-state index is -0.137. The number of rotatable bonds is 4. The maximum absolute atomic E-state index is 10.9. The summed E-state index contributed by atoms with van der Waals surface area (Å²) in [6.07, 6.45) is 3.27. The lowest BCUT2D eigenvalue weighted by Gasteiger charge is -2.08. The van der Waals surface area contributed by atoms with Crippen molar-refractivity contribution in [3.05, 3.63) is 12.7 Å². The standard InChI is InChI=1S/C8H14O2/c1-4-6-7(5-2)8(9)10-3/h4,7H,1,5-6H2,2-3H3. The van der Waals surface area contributed by atoms with Crippen LogP contribution in [0, 0.1) is 5.92 Å². The summed E-state index contributed by atoms with van der Waals surface area (Å²) in [5.41, 5.74) is 0. The molecule has 0 heterocycles. The number of allylic oxidation sites excluding steroid dienone is 1. The van der Waals surface area contributed by atoms with Crippen molar-refractivity contribution in [1.82, 2.24) is 0 Å². The molecule has 0 radical (unpaired) electrons. The average Bonchev–Trinajstić information content (AvgIpc) is 1.99. The number of methoxy groups -OCH3 is 1. The highest BCUT2D eigenvalue weighted by Gasteiger charge is 2.13. The Labute approximate surface area is 61.9 Å². The minimum Gasteiger partial charge on any atom is -0.469 e. The molecule has 0 rings (SSSR count). The van der Waals surface area contributed by atoms with E-state index >= 15 is 0 Å². The van der Waals surface area contributed by atoms with E-state index in [4.69, 9.17) is 0 Å². The molecule has 0 aliphatic heterocycles. The van der Waals surface area contributed by atoms with Gasteiger partial charge < -0.3 is 4.74 Å². The van der Waals surface area contributed by atoms with E-state index < -0.39 is 0 Å². The van der Waals surface area contributed by atoms with Gasteiger partial charge in [0.15, 0.2) is 0 Å². The van der Waals surface area contributed by atoms with Gasteiger partial charge in [0, 0.05) is 0 Å². The van der Waals surface area contributed by atoms with E-state index in [9.17, 15) is 4.79 Å². The smallest absolute Gasteiger partial charge is 0.308 e. The highest BCUT2D eigenvalue weighted by Crippen LogP contribution is 2.09. The highest BCUT2D eigenvalue weighted by molar-refractivity contribution is 5.72. The molecule has 0 spiro atoms. The predicted octanol–water partition coefficient (Wildman–Crippen LogP) is 1.76. The van der Waals surface area contributed by atoms with Gasteiger partial charge in [-0.2, -0.15) is 0 Å². The fourth-order valence-corrected chi connectivity index (χ4v) is 0.797. The lowest BCUT2D eigenvalue weighted by Crippen LogP contribution is -2.14. The third kappa shape index (κ3) is 2.67. The van der Waals surface area contributed by atoms with E-state index in [1.165, 1.54) is 7.11 Å². The van der Waals surface area contributed by atoms with Crippen LogP contribution in [0.3, 0.4) is 0 Å². The SMILES string of the molecule is C=CCC(CC)C(=O)OC. The number of hydrogen-bond donors (Lipinski definition) is 0. The molecule has 0 aromatic heterocycles. The quantitative estimate of drug-likeness (QED) is 0.441. The minimum absolute atomic E-state index is 0.00231. The van der Waals surface area contributed by atoms with E-state index in [1.54, 1.807) is 6.08 Å². The van der Waals surface area contributed by atoms with Crippen LogP contribution < -0.4 is 0 Å². The van der Waals surface area contributed by atoms with Gasteiger partial charge in [0.1, 0.15) is 0 Å². The molecular formula is C8H14O2. The summed E-state index contributed by atoms with van der Waals surface area (Å²) in [4.78, 5) is 10.9. The second-order valence-electron chi connectivity index (χ2n) is 2.15. The first-order valence-corrected chi connectivity index (χ1v) is 3.45. The lowest BCUT2D eigenvalue weighted by atomic mass is 10.0. The average molecular weight is 142 g/mol. The Morgan fingerprint density at radius 3 is 2.70 bits per heavy atom. The summed E-state index contributed by atoms with van der Waals surface area (Å²) in [5.74, 6) is -0.134. The summed E-state index contributed by atoms with van der Waals surface area (Å²) in [6, 6.07) is 0. The third-order valence-corrected chi connectivity index (χ3v) is 1.48. The van der Waals surface area contributed by atoms with Crippen LogP contribution in [0.2, 0.25) is 0 Å². The monoisotopic (exact) mass is 142 g/mol. The fourth-order valence-electron chi connectivity index (χ4n) is 0.797. The van der Waals surface area contributed by atoms with E-state index in [-0.39, 0.29) is 11.9 Å². The normalized spacial score (nSPS) is 12.2. The molecule has 0 aliphatic rings. The van der Waals surface area contributed by atoms with Crippen LogP contribution in [0.5, 0.6) is 0 Å². The van der Waals surface area contributed by atoms with Gasteiger partial charge in [0.25, 0.3) is 0 Å². The van der Waals surface area contributed by atoms with E-state index in [2.05, 4.69) is 11.3 Å². The van der Waals surface area contributed by atoms with Crippen molar-refractivity contribution in [1.29, 1.82) is 0 Å². The van der Waals surface area contributed by atoms with Gasteiger partial charge >= 0.3 is 5.97 Å². The van der Waals surface area contributed by atoms with Gasteiger partial charge in [-0.1, -0.05) is 13.0 Å². The van der Waals surface area contributed by atoms with Crippen LogP contribution in [-0.4, -0.2) is 13.1 Å². The Morgan fingerprint density at radius 2 is 2.40 bits per heavy atom. The molecule has 0 bridgehead atoms. The van der Waals surface area contributed by atoms with Gasteiger partial charge in [-0.15, -0.1) is 6.58 Å². The van der Waals surface area contributed by atoms with Crippen LogP contribution in [0.4, 0.5) is 0 Å². The van der Waals surface area contributed by atoms with Crippen LogP contribution in [0.15, 0.2) is 12.7 Å². The van der Waals surface area contributed by atoms with Crippen LogP contribution >= 0.6 is 0 Å². The summed E-state index contributed by atoms with van der Waals surface area (Å²) in [6.45, 7) is 5.52. The predicted molar refractivity (Wildman–Crippen MR) is 40.6 cm³/mol. The molecule has 0 N–H and O–H groups in total. The Hall–Kier alpha value is -0.790. The lowest BCUT2D eigenvalue weighted by molar-refractivity contribution is -0.145. The Bertz CT molecular complexity index is 118. The van der Waals surface area contributed by atoms with Gasteiger partial charge in [-0.3, -0.25) is 4.79 Å². The summed E-state index contributed by atoms with van der Waals surface area (Å²) in [5, 5.41) is 0. The molecule has 10 heavy (non-hydrogen) atoms. The molecule has 58 valence electrons. The zero-order valence-corrected chi connectivity index (χ0v) is 6.59. The number of esters is 1. The molecule has 0 amide bonds. The van der Waals surface area contributed by atoms with E-state index in [0.717, 1.165) is 6.42 Å². The Kier molecular flexibility index (Phi) is 4.63. The number of hydrogen-bond acceptors (Lipinski definition) is 2. The van der Waals surface area contributed by atoms with Crippen molar-refractivity contribution in [3.63, 3.8) is 0 Å². The second-order valence-corrected chi connectivity index (χ2v) is 2.15. The van der Waals surface area contributed by atoms with Crippen molar-refractivity contribution in [3.8, 4) is 0 Å².